The fourth-order valence-electron chi connectivity index (χ4n) is 1.99. The second kappa shape index (κ2) is 5.76. The molecule has 8 nitrogen and oxygen atoms in total. The van der Waals surface area contributed by atoms with Crippen LogP contribution in [0.1, 0.15) is 6.92 Å². The highest BCUT2D eigenvalue weighted by molar-refractivity contribution is 6.10. The van der Waals surface area contributed by atoms with E-state index in [0.717, 1.165) is 17.0 Å². The summed E-state index contributed by atoms with van der Waals surface area (Å²) in [4.78, 5) is 11.5. The van der Waals surface area contributed by atoms with Gasteiger partial charge in [-0.3, -0.25) is 9.89 Å². The second-order valence-electron chi connectivity index (χ2n) is 4.72. The second-order valence-corrected chi connectivity index (χ2v) is 4.72. The Morgan fingerprint density at radius 3 is 2.68 bits per heavy atom. The molecule has 0 aliphatic carbocycles. The number of benzene rings is 1. The van der Waals surface area contributed by atoms with Crippen LogP contribution in [0.3, 0.4) is 0 Å². The van der Waals surface area contributed by atoms with Crippen LogP contribution in [-0.4, -0.2) is 35.0 Å². The zero-order valence-electron chi connectivity index (χ0n) is 12.1. The standard InChI is InChI=1S/C14H14N6O2/c1-8-13(14(21)20-15-8)19-18-12-7-11(16-17-12)9-3-5-10(22-2)6-4-9/h3-7,13H,1-2H3,(H,16,17)(H,20,21). The molecule has 2 N–H and O–H groups in total. The Morgan fingerprint density at radius 2 is 2.05 bits per heavy atom. The largest absolute Gasteiger partial charge is 0.497 e. The average molecular weight is 298 g/mol. The third kappa shape index (κ3) is 2.71. The Kier molecular flexibility index (Phi) is 3.65. The molecule has 1 unspecified atom stereocenters. The summed E-state index contributed by atoms with van der Waals surface area (Å²) in [6.45, 7) is 1.72. The van der Waals surface area contributed by atoms with Gasteiger partial charge < -0.3 is 4.74 Å². The lowest BCUT2D eigenvalue weighted by molar-refractivity contribution is -0.120. The van der Waals surface area contributed by atoms with Gasteiger partial charge in [-0.05, 0) is 36.8 Å². The lowest BCUT2D eigenvalue weighted by atomic mass is 10.1. The topological polar surface area (TPSA) is 104 Å². The molecule has 0 spiro atoms. The maximum Gasteiger partial charge on any atom is 0.272 e. The van der Waals surface area contributed by atoms with Crippen molar-refractivity contribution in [1.82, 2.24) is 15.6 Å². The van der Waals surface area contributed by atoms with Gasteiger partial charge in [-0.25, -0.2) is 5.43 Å². The van der Waals surface area contributed by atoms with Crippen LogP contribution in [0, 0.1) is 0 Å². The average Bonchev–Trinajstić information content (AvgIpc) is 3.13. The van der Waals surface area contributed by atoms with Gasteiger partial charge in [0, 0.05) is 6.07 Å². The lowest BCUT2D eigenvalue weighted by Gasteiger charge is -2.00. The van der Waals surface area contributed by atoms with E-state index in [1.807, 2.05) is 24.3 Å². The van der Waals surface area contributed by atoms with E-state index in [9.17, 15) is 4.79 Å². The minimum Gasteiger partial charge on any atom is -0.497 e. The number of aromatic amines is 1. The van der Waals surface area contributed by atoms with Crippen molar-refractivity contribution in [3.63, 3.8) is 0 Å². The van der Waals surface area contributed by atoms with Gasteiger partial charge in [0.2, 0.25) is 0 Å². The van der Waals surface area contributed by atoms with Crippen LogP contribution in [0.4, 0.5) is 5.82 Å². The quantitative estimate of drug-likeness (QED) is 0.844. The number of nitrogens with one attached hydrogen (secondary N) is 2. The number of H-pyrrole nitrogens is 1. The molecule has 2 heterocycles. The number of rotatable bonds is 4. The van der Waals surface area contributed by atoms with E-state index in [1.54, 1.807) is 20.1 Å². The van der Waals surface area contributed by atoms with Crippen molar-refractivity contribution >= 4 is 17.4 Å². The van der Waals surface area contributed by atoms with Crippen molar-refractivity contribution in [3.05, 3.63) is 30.3 Å². The molecule has 0 saturated carbocycles. The minimum atomic E-state index is -0.680. The molecular weight excluding hydrogens is 284 g/mol. The number of hydrazone groups is 1. The van der Waals surface area contributed by atoms with Gasteiger partial charge in [-0.15, -0.1) is 5.11 Å². The third-order valence-corrected chi connectivity index (χ3v) is 3.23. The third-order valence-electron chi connectivity index (χ3n) is 3.23. The number of carbonyl (C=O) groups excluding carboxylic acids is 1. The number of methoxy groups -OCH3 is 1. The summed E-state index contributed by atoms with van der Waals surface area (Å²) in [6, 6.07) is 8.62. The molecule has 8 heteroatoms. The molecule has 1 aromatic carbocycles. The van der Waals surface area contributed by atoms with Crippen LogP contribution in [-0.2, 0) is 4.79 Å². The number of ether oxygens (including phenoxy) is 1. The smallest absolute Gasteiger partial charge is 0.272 e. The van der Waals surface area contributed by atoms with Gasteiger partial charge in [-0.1, -0.05) is 0 Å². The summed E-state index contributed by atoms with van der Waals surface area (Å²) in [6.07, 6.45) is 0. The van der Waals surface area contributed by atoms with Crippen LogP contribution < -0.4 is 10.2 Å². The molecule has 112 valence electrons. The molecule has 2 aromatic rings. The first kappa shape index (κ1) is 13.9. The molecule has 1 aromatic heterocycles. The van der Waals surface area contributed by atoms with Crippen molar-refractivity contribution in [2.24, 2.45) is 15.3 Å². The normalized spacial score (nSPS) is 17.6. The molecule has 0 fully saturated rings. The van der Waals surface area contributed by atoms with Gasteiger partial charge >= 0.3 is 0 Å². The van der Waals surface area contributed by atoms with Gasteiger partial charge in [-0.2, -0.15) is 15.3 Å². The number of aromatic nitrogens is 2. The van der Waals surface area contributed by atoms with Crippen LogP contribution in [0.25, 0.3) is 11.3 Å². The highest BCUT2D eigenvalue weighted by Crippen LogP contribution is 2.23. The molecule has 1 aliphatic heterocycles. The Morgan fingerprint density at radius 1 is 1.27 bits per heavy atom. The fourth-order valence-corrected chi connectivity index (χ4v) is 1.99. The zero-order valence-corrected chi connectivity index (χ0v) is 12.1. The predicted octanol–water partition coefficient (Wildman–Crippen LogP) is 2.04. The molecule has 1 amide bonds. The number of hydrogen-bond acceptors (Lipinski definition) is 6. The molecule has 3 rings (SSSR count). The molecule has 0 saturated heterocycles. The number of hydrogen-bond donors (Lipinski definition) is 2. The molecule has 1 aliphatic rings. The van der Waals surface area contributed by atoms with Gasteiger partial charge in [0.15, 0.2) is 11.9 Å². The van der Waals surface area contributed by atoms with Crippen LogP contribution in [0.5, 0.6) is 5.75 Å². The summed E-state index contributed by atoms with van der Waals surface area (Å²) in [5, 5.41) is 18.7. The molecule has 22 heavy (non-hydrogen) atoms. The lowest BCUT2D eigenvalue weighted by Crippen LogP contribution is -2.25. The Balaban J connectivity index is 1.76. The van der Waals surface area contributed by atoms with Crippen LogP contribution >= 0.6 is 0 Å². The molecule has 0 radical (unpaired) electrons. The number of nitrogens with zero attached hydrogens (tertiary/aromatic N) is 4. The van der Waals surface area contributed by atoms with E-state index in [2.05, 4.69) is 31.0 Å². The summed E-state index contributed by atoms with van der Waals surface area (Å²) in [5.41, 5.74) is 4.69. The van der Waals surface area contributed by atoms with E-state index in [-0.39, 0.29) is 5.91 Å². The van der Waals surface area contributed by atoms with Gasteiger partial charge in [0.25, 0.3) is 5.91 Å². The summed E-state index contributed by atoms with van der Waals surface area (Å²) in [7, 11) is 1.62. The van der Waals surface area contributed by atoms with E-state index in [0.29, 0.717) is 11.5 Å². The van der Waals surface area contributed by atoms with Crippen LogP contribution in [0.15, 0.2) is 45.7 Å². The predicted molar refractivity (Wildman–Crippen MR) is 80.1 cm³/mol. The Bertz CT molecular complexity index is 747. The first-order valence-corrected chi connectivity index (χ1v) is 6.62. The van der Waals surface area contributed by atoms with Crippen molar-refractivity contribution < 1.29 is 9.53 Å². The first-order chi connectivity index (χ1) is 10.7. The van der Waals surface area contributed by atoms with E-state index >= 15 is 0 Å². The number of carbonyl (C=O) groups is 1. The highest BCUT2D eigenvalue weighted by atomic mass is 16.5. The summed E-state index contributed by atoms with van der Waals surface area (Å²) >= 11 is 0. The summed E-state index contributed by atoms with van der Waals surface area (Å²) in [5.74, 6) is 0.899. The highest BCUT2D eigenvalue weighted by Gasteiger charge is 2.26. The zero-order chi connectivity index (χ0) is 15.5. The maximum absolute atomic E-state index is 11.5. The fraction of sp³-hybridized carbons (Fsp3) is 0.214. The van der Waals surface area contributed by atoms with Gasteiger partial charge in [0.05, 0.1) is 18.5 Å². The van der Waals surface area contributed by atoms with E-state index in [4.69, 9.17) is 4.74 Å². The maximum atomic E-state index is 11.5. The number of amides is 1. The van der Waals surface area contributed by atoms with Gasteiger partial charge in [0.1, 0.15) is 5.75 Å². The van der Waals surface area contributed by atoms with Crippen molar-refractivity contribution in [3.8, 4) is 17.0 Å². The van der Waals surface area contributed by atoms with Crippen molar-refractivity contribution in [2.75, 3.05) is 7.11 Å². The Hall–Kier alpha value is -3.03. The van der Waals surface area contributed by atoms with Crippen molar-refractivity contribution in [1.29, 1.82) is 0 Å². The first-order valence-electron chi connectivity index (χ1n) is 6.62. The molecular formula is C14H14N6O2. The minimum absolute atomic E-state index is 0.285. The monoisotopic (exact) mass is 298 g/mol. The molecule has 0 bridgehead atoms. The van der Waals surface area contributed by atoms with Crippen LogP contribution in [0.2, 0.25) is 0 Å². The number of azo groups is 1. The van der Waals surface area contributed by atoms with E-state index < -0.39 is 6.04 Å². The Labute approximate surface area is 126 Å². The molecule has 1 atom stereocenters. The van der Waals surface area contributed by atoms with Crippen molar-refractivity contribution in [2.45, 2.75) is 13.0 Å². The summed E-state index contributed by atoms with van der Waals surface area (Å²) < 4.78 is 5.12. The SMILES string of the molecule is COc1ccc(-c2cc(N=NC3C(=O)NN=C3C)n[nH]2)cc1. The van der Waals surface area contributed by atoms with E-state index in [1.165, 1.54) is 0 Å².